The topological polar surface area (TPSA) is 99.3 Å². The molecule has 0 unspecified atom stereocenters. The average Bonchev–Trinajstić information content (AvgIpc) is 2.84. The number of aryl methyl sites for hydroxylation is 2. The lowest BCUT2D eigenvalue weighted by Crippen LogP contribution is -2.27. The van der Waals surface area contributed by atoms with E-state index in [-0.39, 0.29) is 30.2 Å². The van der Waals surface area contributed by atoms with Crippen LogP contribution >= 0.6 is 0 Å². The number of para-hydroxylation sites is 1. The molecule has 0 atom stereocenters. The Labute approximate surface area is 206 Å². The predicted octanol–water partition coefficient (Wildman–Crippen LogP) is 4.88. The smallest absolute Gasteiger partial charge is 0.253 e. The van der Waals surface area contributed by atoms with E-state index in [1.807, 2.05) is 64.1 Å². The normalized spacial score (nSPS) is 10.5. The van der Waals surface area contributed by atoms with E-state index in [0.29, 0.717) is 23.5 Å². The number of hydrogen-bond donors (Lipinski definition) is 4. The van der Waals surface area contributed by atoms with Crippen LogP contribution in [0.5, 0.6) is 0 Å². The third-order valence-corrected chi connectivity index (χ3v) is 5.49. The fourth-order valence-electron chi connectivity index (χ4n) is 3.32. The second kappa shape index (κ2) is 11.8. The molecule has 35 heavy (non-hydrogen) atoms. The zero-order valence-electron chi connectivity index (χ0n) is 20.6. The monoisotopic (exact) mass is 472 g/mol. The van der Waals surface area contributed by atoms with Crippen LogP contribution in [0.2, 0.25) is 0 Å². The summed E-state index contributed by atoms with van der Waals surface area (Å²) in [6.45, 7) is 7.98. The number of carbonyl (C=O) groups is 3. The van der Waals surface area contributed by atoms with Crippen molar-refractivity contribution in [2.75, 3.05) is 22.5 Å². The van der Waals surface area contributed by atoms with Crippen LogP contribution in [0.25, 0.3) is 0 Å². The minimum Gasteiger partial charge on any atom is -0.376 e. The Morgan fingerprint density at radius 3 is 2.26 bits per heavy atom. The van der Waals surface area contributed by atoms with Gasteiger partial charge in [0.2, 0.25) is 11.8 Å². The van der Waals surface area contributed by atoms with Crippen LogP contribution in [-0.4, -0.2) is 24.3 Å². The maximum absolute atomic E-state index is 12.8. The SMILES string of the molecule is Cc1ccc(CNC(=O)c2ccccc2NC(=O)CNc2cc(NC(=O)C(C)C)ccc2C)cc1. The number of benzene rings is 3. The van der Waals surface area contributed by atoms with Crippen molar-refractivity contribution in [3.63, 3.8) is 0 Å². The lowest BCUT2D eigenvalue weighted by Gasteiger charge is -2.14. The summed E-state index contributed by atoms with van der Waals surface area (Å²) in [5.74, 6) is -0.763. The van der Waals surface area contributed by atoms with Crippen LogP contribution in [0.15, 0.2) is 66.7 Å². The maximum Gasteiger partial charge on any atom is 0.253 e. The number of hydrogen-bond acceptors (Lipinski definition) is 4. The van der Waals surface area contributed by atoms with Crippen LogP contribution < -0.4 is 21.3 Å². The minimum absolute atomic E-state index is 0.00173. The molecule has 7 nitrogen and oxygen atoms in total. The van der Waals surface area contributed by atoms with Crippen molar-refractivity contribution < 1.29 is 14.4 Å². The van der Waals surface area contributed by atoms with Gasteiger partial charge in [0.15, 0.2) is 0 Å². The Morgan fingerprint density at radius 2 is 1.54 bits per heavy atom. The number of amides is 3. The standard InChI is InChI=1S/C28H32N4O3/c1-18(2)27(34)31-22-14-11-20(4)25(15-22)29-17-26(33)32-24-8-6-5-7-23(24)28(35)30-16-21-12-9-19(3)10-13-21/h5-15,18,29H,16-17H2,1-4H3,(H,30,35)(H,31,34)(H,32,33). The number of rotatable bonds is 9. The molecule has 0 aliphatic heterocycles. The highest BCUT2D eigenvalue weighted by atomic mass is 16.2. The Hall–Kier alpha value is -4.13. The van der Waals surface area contributed by atoms with Gasteiger partial charge in [0.25, 0.3) is 5.91 Å². The summed E-state index contributed by atoms with van der Waals surface area (Å²) >= 11 is 0. The maximum atomic E-state index is 12.8. The second-order valence-corrected chi connectivity index (χ2v) is 8.79. The van der Waals surface area contributed by atoms with Crippen molar-refractivity contribution in [1.29, 1.82) is 0 Å². The predicted molar refractivity (Wildman–Crippen MR) is 141 cm³/mol. The van der Waals surface area contributed by atoms with Gasteiger partial charge in [-0.2, -0.15) is 0 Å². The minimum atomic E-state index is -0.292. The van der Waals surface area contributed by atoms with Crippen LogP contribution in [0.3, 0.4) is 0 Å². The molecule has 3 amide bonds. The number of nitrogens with one attached hydrogen (secondary N) is 4. The summed E-state index contributed by atoms with van der Waals surface area (Å²) < 4.78 is 0. The molecule has 0 saturated carbocycles. The molecular weight excluding hydrogens is 440 g/mol. The van der Waals surface area contributed by atoms with Crippen molar-refractivity contribution >= 4 is 34.8 Å². The van der Waals surface area contributed by atoms with E-state index in [4.69, 9.17) is 0 Å². The molecule has 0 fully saturated rings. The Bertz CT molecular complexity index is 1200. The molecule has 3 rings (SSSR count). The van der Waals surface area contributed by atoms with E-state index in [0.717, 1.165) is 22.4 Å². The van der Waals surface area contributed by atoms with Gasteiger partial charge in [0.05, 0.1) is 17.8 Å². The summed E-state index contributed by atoms with van der Waals surface area (Å²) in [5.41, 5.74) is 5.33. The van der Waals surface area contributed by atoms with Crippen molar-refractivity contribution in [1.82, 2.24) is 5.32 Å². The van der Waals surface area contributed by atoms with Crippen molar-refractivity contribution in [3.8, 4) is 0 Å². The van der Waals surface area contributed by atoms with Gasteiger partial charge < -0.3 is 21.3 Å². The summed E-state index contributed by atoms with van der Waals surface area (Å²) in [4.78, 5) is 37.4. The van der Waals surface area contributed by atoms with Gasteiger partial charge in [0.1, 0.15) is 0 Å². The van der Waals surface area contributed by atoms with Gasteiger partial charge in [0, 0.05) is 23.8 Å². The Morgan fingerprint density at radius 1 is 0.829 bits per heavy atom. The second-order valence-electron chi connectivity index (χ2n) is 8.79. The zero-order chi connectivity index (χ0) is 25.4. The molecular formula is C28H32N4O3. The van der Waals surface area contributed by atoms with E-state index in [1.54, 1.807) is 30.3 Å². The summed E-state index contributed by atoms with van der Waals surface area (Å²) in [6.07, 6.45) is 0. The van der Waals surface area contributed by atoms with Gasteiger partial charge in [-0.15, -0.1) is 0 Å². The molecule has 0 aliphatic rings. The van der Waals surface area contributed by atoms with E-state index in [2.05, 4.69) is 21.3 Å². The largest absolute Gasteiger partial charge is 0.376 e. The quantitative estimate of drug-likeness (QED) is 0.357. The number of carbonyl (C=O) groups excluding carboxylic acids is 3. The molecule has 4 N–H and O–H groups in total. The fourth-order valence-corrected chi connectivity index (χ4v) is 3.32. The zero-order valence-corrected chi connectivity index (χ0v) is 20.6. The molecule has 0 radical (unpaired) electrons. The third-order valence-electron chi connectivity index (χ3n) is 5.49. The molecule has 0 saturated heterocycles. The van der Waals surface area contributed by atoms with Gasteiger partial charge in [-0.3, -0.25) is 14.4 Å². The first-order chi connectivity index (χ1) is 16.7. The molecule has 3 aromatic rings. The molecule has 0 bridgehead atoms. The highest BCUT2D eigenvalue weighted by Crippen LogP contribution is 2.21. The molecule has 3 aromatic carbocycles. The van der Waals surface area contributed by atoms with Crippen LogP contribution in [0.4, 0.5) is 17.1 Å². The lowest BCUT2D eigenvalue weighted by atomic mass is 10.1. The number of anilines is 3. The van der Waals surface area contributed by atoms with E-state index in [1.165, 1.54) is 0 Å². The van der Waals surface area contributed by atoms with E-state index in [9.17, 15) is 14.4 Å². The highest BCUT2D eigenvalue weighted by molar-refractivity contribution is 6.04. The molecule has 0 spiro atoms. The van der Waals surface area contributed by atoms with Crippen molar-refractivity contribution in [2.45, 2.75) is 34.2 Å². The van der Waals surface area contributed by atoms with Crippen molar-refractivity contribution in [3.05, 3.63) is 89.0 Å². The first kappa shape index (κ1) is 25.5. The summed E-state index contributed by atoms with van der Waals surface area (Å²) in [6, 6.07) is 20.4. The van der Waals surface area contributed by atoms with Crippen LogP contribution in [0, 0.1) is 19.8 Å². The Balaban J connectivity index is 1.60. The first-order valence-corrected chi connectivity index (χ1v) is 11.6. The molecule has 0 aliphatic carbocycles. The van der Waals surface area contributed by atoms with E-state index >= 15 is 0 Å². The van der Waals surface area contributed by atoms with Gasteiger partial charge >= 0.3 is 0 Å². The summed E-state index contributed by atoms with van der Waals surface area (Å²) in [7, 11) is 0. The van der Waals surface area contributed by atoms with Crippen LogP contribution in [0.1, 0.15) is 40.9 Å². The molecule has 182 valence electrons. The lowest BCUT2D eigenvalue weighted by molar-refractivity contribution is -0.119. The Kier molecular flexibility index (Phi) is 8.62. The molecule has 0 heterocycles. The van der Waals surface area contributed by atoms with Crippen molar-refractivity contribution in [2.24, 2.45) is 5.92 Å². The summed E-state index contributed by atoms with van der Waals surface area (Å²) in [5, 5.41) is 11.7. The third kappa shape index (κ3) is 7.43. The molecule has 7 heteroatoms. The molecule has 0 aromatic heterocycles. The fraction of sp³-hybridized carbons (Fsp3) is 0.250. The first-order valence-electron chi connectivity index (χ1n) is 11.6. The van der Waals surface area contributed by atoms with Gasteiger partial charge in [-0.25, -0.2) is 0 Å². The van der Waals surface area contributed by atoms with Crippen LogP contribution in [-0.2, 0) is 16.1 Å². The van der Waals surface area contributed by atoms with Gasteiger partial charge in [-0.05, 0) is 49.2 Å². The highest BCUT2D eigenvalue weighted by Gasteiger charge is 2.14. The van der Waals surface area contributed by atoms with Gasteiger partial charge in [-0.1, -0.05) is 61.9 Å². The average molecular weight is 473 g/mol. The van der Waals surface area contributed by atoms with E-state index < -0.39 is 0 Å².